The maximum Gasteiger partial charge on any atom is 0.309 e. The number of esters is 1. The zero-order valence-corrected chi connectivity index (χ0v) is 11.7. The Morgan fingerprint density at radius 3 is 3.00 bits per heavy atom. The molecule has 0 saturated carbocycles. The highest BCUT2D eigenvalue weighted by Crippen LogP contribution is 2.27. The van der Waals surface area contributed by atoms with Crippen LogP contribution in [0, 0.1) is 5.92 Å². The third-order valence-corrected chi connectivity index (χ3v) is 4.23. The first-order valence-corrected chi connectivity index (χ1v) is 7.36. The summed E-state index contributed by atoms with van der Waals surface area (Å²) >= 11 is 0. The standard InChI is InChI=1S/C14H26N2O2/c1-3-18-14(17)11(2)10-15-12-7-9-16-8-5-4-6-13(12)16/h11-13,15H,3-10H2,1-2H3. The number of fused-ring (bicyclic) bond motifs is 1. The van der Waals surface area contributed by atoms with E-state index >= 15 is 0 Å². The highest BCUT2D eigenvalue weighted by atomic mass is 16.5. The van der Waals surface area contributed by atoms with Gasteiger partial charge < -0.3 is 10.1 Å². The third-order valence-electron chi connectivity index (χ3n) is 4.23. The summed E-state index contributed by atoms with van der Waals surface area (Å²) in [6.07, 6.45) is 5.24. The van der Waals surface area contributed by atoms with Crippen LogP contribution in [0.3, 0.4) is 0 Å². The molecule has 2 rings (SSSR count). The average molecular weight is 254 g/mol. The lowest BCUT2D eigenvalue weighted by atomic mass is 9.98. The minimum Gasteiger partial charge on any atom is -0.466 e. The van der Waals surface area contributed by atoms with E-state index in [2.05, 4.69) is 10.2 Å². The van der Waals surface area contributed by atoms with Crippen LogP contribution in [0.25, 0.3) is 0 Å². The van der Waals surface area contributed by atoms with Crippen LogP contribution in [0.1, 0.15) is 39.5 Å². The fourth-order valence-corrected chi connectivity index (χ4v) is 3.18. The summed E-state index contributed by atoms with van der Waals surface area (Å²) in [4.78, 5) is 14.2. The molecule has 0 aromatic heterocycles. The molecule has 2 fully saturated rings. The van der Waals surface area contributed by atoms with Crippen molar-refractivity contribution in [2.45, 2.75) is 51.6 Å². The van der Waals surface area contributed by atoms with Gasteiger partial charge in [0.15, 0.2) is 0 Å². The van der Waals surface area contributed by atoms with Crippen molar-refractivity contribution in [1.29, 1.82) is 0 Å². The molecular formula is C14H26N2O2. The Morgan fingerprint density at radius 2 is 2.22 bits per heavy atom. The Bertz CT molecular complexity index is 283. The molecule has 2 heterocycles. The monoisotopic (exact) mass is 254 g/mol. The fraction of sp³-hybridized carbons (Fsp3) is 0.929. The van der Waals surface area contributed by atoms with Crippen molar-refractivity contribution in [1.82, 2.24) is 10.2 Å². The van der Waals surface area contributed by atoms with Crippen LogP contribution in [0.5, 0.6) is 0 Å². The Morgan fingerprint density at radius 1 is 1.39 bits per heavy atom. The number of hydrogen-bond donors (Lipinski definition) is 1. The average Bonchev–Trinajstić information content (AvgIpc) is 2.79. The van der Waals surface area contributed by atoms with Gasteiger partial charge in [-0.15, -0.1) is 0 Å². The van der Waals surface area contributed by atoms with Gasteiger partial charge in [0, 0.05) is 25.2 Å². The first-order valence-electron chi connectivity index (χ1n) is 7.36. The first kappa shape index (κ1) is 13.8. The summed E-state index contributed by atoms with van der Waals surface area (Å²) < 4.78 is 5.04. The molecule has 2 aliphatic rings. The highest BCUT2D eigenvalue weighted by molar-refractivity contribution is 5.72. The van der Waals surface area contributed by atoms with Crippen LogP contribution in [-0.2, 0) is 9.53 Å². The zero-order valence-electron chi connectivity index (χ0n) is 11.7. The normalized spacial score (nSPS) is 29.9. The van der Waals surface area contributed by atoms with E-state index in [9.17, 15) is 4.79 Å². The number of nitrogens with one attached hydrogen (secondary N) is 1. The van der Waals surface area contributed by atoms with E-state index in [1.54, 1.807) is 0 Å². The van der Waals surface area contributed by atoms with Crippen LogP contribution in [0.15, 0.2) is 0 Å². The quantitative estimate of drug-likeness (QED) is 0.753. The molecular weight excluding hydrogens is 228 g/mol. The van der Waals surface area contributed by atoms with Gasteiger partial charge in [0.2, 0.25) is 0 Å². The summed E-state index contributed by atoms with van der Waals surface area (Å²) in [6.45, 7) is 7.50. The topological polar surface area (TPSA) is 41.6 Å². The second-order valence-electron chi connectivity index (χ2n) is 5.56. The molecule has 0 spiro atoms. The van der Waals surface area contributed by atoms with Crippen molar-refractivity contribution in [3.8, 4) is 0 Å². The van der Waals surface area contributed by atoms with Gasteiger partial charge in [-0.05, 0) is 32.7 Å². The molecule has 4 nitrogen and oxygen atoms in total. The van der Waals surface area contributed by atoms with Crippen LogP contribution in [-0.4, -0.2) is 49.2 Å². The van der Waals surface area contributed by atoms with Gasteiger partial charge in [-0.2, -0.15) is 0 Å². The number of nitrogens with zero attached hydrogens (tertiary/aromatic N) is 1. The lowest BCUT2D eigenvalue weighted by Crippen LogP contribution is -2.46. The Labute approximate surface area is 110 Å². The molecule has 4 heteroatoms. The Hall–Kier alpha value is -0.610. The van der Waals surface area contributed by atoms with Crippen LogP contribution in [0.2, 0.25) is 0 Å². The summed E-state index contributed by atoms with van der Waals surface area (Å²) in [6, 6.07) is 1.27. The predicted molar refractivity (Wildman–Crippen MR) is 71.4 cm³/mol. The van der Waals surface area contributed by atoms with Crippen LogP contribution in [0.4, 0.5) is 0 Å². The number of rotatable bonds is 5. The maximum atomic E-state index is 11.6. The second kappa shape index (κ2) is 6.53. The highest BCUT2D eigenvalue weighted by Gasteiger charge is 2.35. The van der Waals surface area contributed by atoms with Crippen molar-refractivity contribution < 1.29 is 9.53 Å². The lowest BCUT2D eigenvalue weighted by Gasteiger charge is -2.33. The van der Waals surface area contributed by atoms with E-state index in [0.717, 1.165) is 6.54 Å². The molecule has 3 unspecified atom stereocenters. The number of hydrogen-bond acceptors (Lipinski definition) is 4. The van der Waals surface area contributed by atoms with E-state index in [0.29, 0.717) is 18.7 Å². The van der Waals surface area contributed by atoms with E-state index in [-0.39, 0.29) is 11.9 Å². The SMILES string of the molecule is CCOC(=O)C(C)CNC1CCN2CCCCC12. The van der Waals surface area contributed by atoms with Gasteiger partial charge in [-0.25, -0.2) is 0 Å². The smallest absolute Gasteiger partial charge is 0.309 e. The van der Waals surface area contributed by atoms with Crippen LogP contribution < -0.4 is 5.32 Å². The number of piperidine rings is 1. The maximum absolute atomic E-state index is 11.6. The van der Waals surface area contributed by atoms with E-state index in [4.69, 9.17) is 4.74 Å². The van der Waals surface area contributed by atoms with Gasteiger partial charge in [0.1, 0.15) is 0 Å². The molecule has 0 aliphatic carbocycles. The summed E-state index contributed by atoms with van der Waals surface area (Å²) in [7, 11) is 0. The summed E-state index contributed by atoms with van der Waals surface area (Å²) in [5, 5.41) is 3.58. The predicted octanol–water partition coefficient (Wildman–Crippen LogP) is 1.40. The third kappa shape index (κ3) is 3.23. The fourth-order valence-electron chi connectivity index (χ4n) is 3.18. The van der Waals surface area contributed by atoms with Gasteiger partial charge in [0.25, 0.3) is 0 Å². The van der Waals surface area contributed by atoms with Gasteiger partial charge in [0.05, 0.1) is 12.5 Å². The second-order valence-corrected chi connectivity index (χ2v) is 5.56. The van der Waals surface area contributed by atoms with Gasteiger partial charge in [-0.3, -0.25) is 9.69 Å². The van der Waals surface area contributed by atoms with Crippen molar-refractivity contribution in [2.24, 2.45) is 5.92 Å². The van der Waals surface area contributed by atoms with Crippen LogP contribution >= 0.6 is 0 Å². The van der Waals surface area contributed by atoms with E-state index in [1.807, 2.05) is 13.8 Å². The largest absolute Gasteiger partial charge is 0.466 e. The Balaban J connectivity index is 1.75. The molecule has 0 radical (unpaired) electrons. The molecule has 104 valence electrons. The van der Waals surface area contributed by atoms with E-state index < -0.39 is 0 Å². The molecule has 2 saturated heterocycles. The Kier molecular flexibility index (Phi) is 5.01. The number of carbonyl (C=O) groups is 1. The molecule has 18 heavy (non-hydrogen) atoms. The molecule has 0 aromatic carbocycles. The number of carbonyl (C=O) groups excluding carboxylic acids is 1. The minimum atomic E-state index is -0.0801. The molecule has 1 N–H and O–H groups in total. The van der Waals surface area contributed by atoms with E-state index in [1.165, 1.54) is 38.8 Å². The minimum absolute atomic E-state index is 0.0393. The summed E-state index contributed by atoms with van der Waals surface area (Å²) in [5.41, 5.74) is 0. The first-order chi connectivity index (χ1) is 8.72. The molecule has 0 bridgehead atoms. The molecule has 0 amide bonds. The van der Waals surface area contributed by atoms with Crippen molar-refractivity contribution in [2.75, 3.05) is 26.2 Å². The molecule has 2 aliphatic heterocycles. The summed E-state index contributed by atoms with van der Waals surface area (Å²) in [5.74, 6) is -0.119. The van der Waals surface area contributed by atoms with Crippen molar-refractivity contribution >= 4 is 5.97 Å². The van der Waals surface area contributed by atoms with Gasteiger partial charge >= 0.3 is 5.97 Å². The lowest BCUT2D eigenvalue weighted by molar-refractivity contribution is -0.147. The van der Waals surface area contributed by atoms with Gasteiger partial charge in [-0.1, -0.05) is 13.3 Å². The molecule has 3 atom stereocenters. The van der Waals surface area contributed by atoms with Crippen molar-refractivity contribution in [3.63, 3.8) is 0 Å². The number of ether oxygens (including phenoxy) is 1. The van der Waals surface area contributed by atoms with Crippen molar-refractivity contribution in [3.05, 3.63) is 0 Å². The zero-order chi connectivity index (χ0) is 13.0. The molecule has 0 aromatic rings.